The van der Waals surface area contributed by atoms with Gasteiger partial charge in [0.15, 0.2) is 5.78 Å². The molecule has 2 unspecified atom stereocenters. The van der Waals surface area contributed by atoms with E-state index in [1.165, 1.54) is 0 Å². The number of hydrogen-bond acceptors (Lipinski definition) is 3. The van der Waals surface area contributed by atoms with Crippen LogP contribution in [0.5, 0.6) is 0 Å². The second-order valence-electron chi connectivity index (χ2n) is 4.27. The largest absolute Gasteiger partial charge is 0.321 e. The first-order valence-corrected chi connectivity index (χ1v) is 5.92. The number of aromatic nitrogens is 2. The Morgan fingerprint density at radius 1 is 1.56 bits per heavy atom. The van der Waals surface area contributed by atoms with E-state index in [1.807, 2.05) is 13.8 Å². The molecule has 1 aromatic heterocycles. The third-order valence-corrected chi connectivity index (χ3v) is 2.93. The predicted octanol–water partition coefficient (Wildman–Crippen LogP) is 1.85. The average Bonchev–Trinajstić information content (AvgIpc) is 2.75. The first kappa shape index (κ1) is 12.9. The molecule has 0 aliphatic heterocycles. The molecule has 0 aromatic carbocycles. The minimum Gasteiger partial charge on any atom is -0.321 e. The maximum absolute atomic E-state index is 12.0. The quantitative estimate of drug-likeness (QED) is 0.749. The number of nitrogens with zero attached hydrogens (tertiary/aromatic N) is 2. The molecular formula is C12H21N3O. The highest BCUT2D eigenvalue weighted by atomic mass is 16.1. The third-order valence-electron chi connectivity index (χ3n) is 2.93. The van der Waals surface area contributed by atoms with Crippen molar-refractivity contribution in [2.24, 2.45) is 11.7 Å². The summed E-state index contributed by atoms with van der Waals surface area (Å²) in [5.74, 6) is 0.207. The summed E-state index contributed by atoms with van der Waals surface area (Å²) in [5, 5.41) is 4.13. The minimum atomic E-state index is -0.413. The SMILES string of the molecule is CCCn1cc(C(=O)C(N)C(C)CC)cn1. The van der Waals surface area contributed by atoms with E-state index in [1.54, 1.807) is 17.1 Å². The van der Waals surface area contributed by atoms with Gasteiger partial charge in [-0.1, -0.05) is 27.2 Å². The lowest BCUT2D eigenvalue weighted by atomic mass is 9.94. The zero-order chi connectivity index (χ0) is 12.1. The van der Waals surface area contributed by atoms with E-state index >= 15 is 0 Å². The molecule has 0 saturated heterocycles. The fourth-order valence-electron chi connectivity index (χ4n) is 1.55. The van der Waals surface area contributed by atoms with Gasteiger partial charge in [0, 0.05) is 12.7 Å². The molecule has 1 aromatic rings. The van der Waals surface area contributed by atoms with Crippen LogP contribution in [0.1, 0.15) is 44.0 Å². The highest BCUT2D eigenvalue weighted by molar-refractivity contribution is 5.99. The van der Waals surface area contributed by atoms with Gasteiger partial charge >= 0.3 is 0 Å². The predicted molar refractivity (Wildman–Crippen MR) is 64.3 cm³/mol. The summed E-state index contributed by atoms with van der Waals surface area (Å²) in [5.41, 5.74) is 6.53. The fraction of sp³-hybridized carbons (Fsp3) is 0.667. The lowest BCUT2D eigenvalue weighted by Crippen LogP contribution is -2.36. The summed E-state index contributed by atoms with van der Waals surface area (Å²) in [6, 6.07) is -0.413. The van der Waals surface area contributed by atoms with Crippen LogP contribution in [0.15, 0.2) is 12.4 Å². The summed E-state index contributed by atoms with van der Waals surface area (Å²) < 4.78 is 1.79. The first-order valence-electron chi connectivity index (χ1n) is 5.92. The van der Waals surface area contributed by atoms with Crippen LogP contribution in [-0.4, -0.2) is 21.6 Å². The molecular weight excluding hydrogens is 202 g/mol. The number of rotatable bonds is 6. The van der Waals surface area contributed by atoms with Crippen LogP contribution in [0, 0.1) is 5.92 Å². The van der Waals surface area contributed by atoms with E-state index in [0.717, 1.165) is 19.4 Å². The van der Waals surface area contributed by atoms with E-state index in [4.69, 9.17) is 5.73 Å². The van der Waals surface area contributed by atoms with Crippen molar-refractivity contribution in [1.82, 2.24) is 9.78 Å². The Kier molecular flexibility index (Phi) is 4.68. The molecule has 0 radical (unpaired) electrons. The Morgan fingerprint density at radius 2 is 2.25 bits per heavy atom. The number of Topliss-reactive ketones (excluding diaryl/α,β-unsaturated/α-hetero) is 1. The highest BCUT2D eigenvalue weighted by Gasteiger charge is 2.21. The molecule has 2 atom stereocenters. The second-order valence-corrected chi connectivity index (χ2v) is 4.27. The second kappa shape index (κ2) is 5.80. The standard InChI is InChI=1S/C12H21N3O/c1-4-6-15-8-10(7-14-15)12(16)11(13)9(3)5-2/h7-9,11H,4-6,13H2,1-3H3. The Morgan fingerprint density at radius 3 is 2.81 bits per heavy atom. The summed E-state index contributed by atoms with van der Waals surface area (Å²) in [4.78, 5) is 12.0. The lowest BCUT2D eigenvalue weighted by Gasteiger charge is -2.15. The van der Waals surface area contributed by atoms with E-state index in [0.29, 0.717) is 5.56 Å². The summed E-state index contributed by atoms with van der Waals surface area (Å²) in [7, 11) is 0. The Labute approximate surface area is 96.8 Å². The van der Waals surface area contributed by atoms with Crippen molar-refractivity contribution in [3.8, 4) is 0 Å². The van der Waals surface area contributed by atoms with Crippen LogP contribution >= 0.6 is 0 Å². The minimum absolute atomic E-state index is 0.00305. The number of carbonyl (C=O) groups excluding carboxylic acids is 1. The van der Waals surface area contributed by atoms with Crippen molar-refractivity contribution in [3.05, 3.63) is 18.0 Å². The summed E-state index contributed by atoms with van der Waals surface area (Å²) in [6.45, 7) is 6.96. The fourth-order valence-corrected chi connectivity index (χ4v) is 1.55. The van der Waals surface area contributed by atoms with E-state index in [9.17, 15) is 4.79 Å². The Hall–Kier alpha value is -1.16. The van der Waals surface area contributed by atoms with Crippen LogP contribution in [0.2, 0.25) is 0 Å². The van der Waals surface area contributed by atoms with Crippen LogP contribution in [0.25, 0.3) is 0 Å². The zero-order valence-electron chi connectivity index (χ0n) is 10.3. The molecule has 0 amide bonds. The van der Waals surface area contributed by atoms with Gasteiger partial charge in [-0.15, -0.1) is 0 Å². The topological polar surface area (TPSA) is 60.9 Å². The van der Waals surface area contributed by atoms with Gasteiger partial charge < -0.3 is 5.73 Å². The van der Waals surface area contributed by atoms with E-state index in [2.05, 4.69) is 12.0 Å². The number of hydrogen-bond donors (Lipinski definition) is 1. The molecule has 0 spiro atoms. The van der Waals surface area contributed by atoms with Crippen molar-refractivity contribution in [2.45, 2.75) is 46.2 Å². The normalized spacial score (nSPS) is 14.8. The van der Waals surface area contributed by atoms with Gasteiger partial charge in [-0.05, 0) is 12.3 Å². The molecule has 0 aliphatic carbocycles. The lowest BCUT2D eigenvalue weighted by molar-refractivity contribution is 0.0935. The van der Waals surface area contributed by atoms with Gasteiger partial charge in [-0.3, -0.25) is 9.48 Å². The van der Waals surface area contributed by atoms with Crippen molar-refractivity contribution in [3.63, 3.8) is 0 Å². The van der Waals surface area contributed by atoms with Gasteiger partial charge in [0.1, 0.15) is 0 Å². The molecule has 16 heavy (non-hydrogen) atoms. The molecule has 4 heteroatoms. The van der Waals surface area contributed by atoms with Crippen molar-refractivity contribution in [1.29, 1.82) is 0 Å². The molecule has 1 heterocycles. The molecule has 0 fully saturated rings. The van der Waals surface area contributed by atoms with Crippen LogP contribution in [0.3, 0.4) is 0 Å². The highest BCUT2D eigenvalue weighted by Crippen LogP contribution is 2.11. The molecule has 1 rings (SSSR count). The van der Waals surface area contributed by atoms with Crippen LogP contribution in [-0.2, 0) is 6.54 Å². The number of aryl methyl sites for hydroxylation is 1. The van der Waals surface area contributed by atoms with Crippen molar-refractivity contribution in [2.75, 3.05) is 0 Å². The molecule has 4 nitrogen and oxygen atoms in total. The summed E-state index contributed by atoms with van der Waals surface area (Å²) >= 11 is 0. The monoisotopic (exact) mass is 223 g/mol. The average molecular weight is 223 g/mol. The smallest absolute Gasteiger partial charge is 0.182 e. The summed E-state index contributed by atoms with van der Waals surface area (Å²) in [6.07, 6.45) is 5.32. The van der Waals surface area contributed by atoms with Gasteiger partial charge in [-0.25, -0.2) is 0 Å². The van der Waals surface area contributed by atoms with Gasteiger partial charge in [0.2, 0.25) is 0 Å². The third kappa shape index (κ3) is 2.92. The number of carbonyl (C=O) groups is 1. The van der Waals surface area contributed by atoms with Gasteiger partial charge in [0.05, 0.1) is 17.8 Å². The van der Waals surface area contributed by atoms with Crippen molar-refractivity contribution < 1.29 is 4.79 Å². The molecule has 0 bridgehead atoms. The van der Waals surface area contributed by atoms with Crippen LogP contribution in [0.4, 0.5) is 0 Å². The molecule has 0 aliphatic rings. The Balaban J connectivity index is 2.72. The maximum atomic E-state index is 12.0. The molecule has 2 N–H and O–H groups in total. The van der Waals surface area contributed by atoms with Crippen molar-refractivity contribution >= 4 is 5.78 Å². The number of ketones is 1. The molecule has 0 saturated carbocycles. The van der Waals surface area contributed by atoms with Gasteiger partial charge in [0.25, 0.3) is 0 Å². The van der Waals surface area contributed by atoms with Gasteiger partial charge in [-0.2, -0.15) is 5.10 Å². The number of nitrogens with two attached hydrogens (primary N) is 1. The Bertz CT molecular complexity index is 346. The maximum Gasteiger partial charge on any atom is 0.182 e. The first-order chi connectivity index (χ1) is 7.60. The molecule has 90 valence electrons. The van der Waals surface area contributed by atoms with E-state index in [-0.39, 0.29) is 11.7 Å². The van der Waals surface area contributed by atoms with E-state index < -0.39 is 6.04 Å². The zero-order valence-corrected chi connectivity index (χ0v) is 10.3. The van der Waals surface area contributed by atoms with Crippen LogP contribution < -0.4 is 5.73 Å².